The van der Waals surface area contributed by atoms with Gasteiger partial charge in [-0.1, -0.05) is 0 Å². The lowest BCUT2D eigenvalue weighted by Gasteiger charge is -1.90. The molecule has 0 aliphatic carbocycles. The summed E-state index contributed by atoms with van der Waals surface area (Å²) in [5.74, 6) is -0.542. The van der Waals surface area contributed by atoms with Crippen LogP contribution in [-0.4, -0.2) is 24.5 Å². The van der Waals surface area contributed by atoms with E-state index in [2.05, 4.69) is 4.33 Å². The first kappa shape index (κ1) is 8.41. The van der Waals surface area contributed by atoms with Gasteiger partial charge in [-0.05, 0) is 6.08 Å². The van der Waals surface area contributed by atoms with E-state index in [9.17, 15) is 8.42 Å². The third-order valence-electron chi connectivity index (χ3n) is 0.519. The van der Waals surface area contributed by atoms with Gasteiger partial charge in [-0.25, -0.2) is 5.26 Å². The van der Waals surface area contributed by atoms with Crippen molar-refractivity contribution in [3.8, 4) is 0 Å². The summed E-state index contributed by atoms with van der Waals surface area (Å²) in [4.78, 5) is 0. The highest BCUT2D eigenvalue weighted by atomic mass is 32.2. The molecule has 0 aliphatic heterocycles. The lowest BCUT2D eigenvalue weighted by atomic mass is 10.7. The number of rotatable bonds is 3. The van der Waals surface area contributed by atoms with Crippen molar-refractivity contribution in [2.24, 2.45) is 0 Å². The quantitative estimate of drug-likeness (QED) is 0.336. The molecule has 0 saturated heterocycles. The summed E-state index contributed by atoms with van der Waals surface area (Å²) in [6, 6.07) is 0. The van der Waals surface area contributed by atoms with Crippen LogP contribution in [0.5, 0.6) is 0 Å². The van der Waals surface area contributed by atoms with Gasteiger partial charge in [-0.15, -0.1) is 4.33 Å². The molecule has 6 heteroatoms. The first-order chi connectivity index (χ1) is 4.12. The Morgan fingerprint density at radius 2 is 2.11 bits per heavy atom. The summed E-state index contributed by atoms with van der Waals surface area (Å²) in [6.07, 6.45) is 1.47. The molecular formula is C3H6O5S. The molecule has 0 radical (unpaired) electrons. The topological polar surface area (TPSA) is 83.8 Å². The molecule has 5 nitrogen and oxygen atoms in total. The molecule has 0 rings (SSSR count). The Morgan fingerprint density at radius 3 is 2.44 bits per heavy atom. The van der Waals surface area contributed by atoms with Crippen molar-refractivity contribution in [3.05, 3.63) is 12.3 Å². The van der Waals surface area contributed by atoms with Gasteiger partial charge < -0.3 is 5.11 Å². The van der Waals surface area contributed by atoms with Crippen LogP contribution in [0.1, 0.15) is 0 Å². The maximum atomic E-state index is 10.1. The average Bonchev–Trinajstić information content (AvgIpc) is 1.84. The van der Waals surface area contributed by atoms with Crippen molar-refractivity contribution in [2.75, 3.05) is 5.75 Å². The van der Waals surface area contributed by atoms with Crippen LogP contribution >= 0.6 is 0 Å². The Morgan fingerprint density at radius 1 is 1.56 bits per heavy atom. The molecule has 0 fully saturated rings. The molecule has 54 valence electrons. The van der Waals surface area contributed by atoms with E-state index < -0.39 is 15.9 Å². The van der Waals surface area contributed by atoms with Gasteiger partial charge in [0.05, 0.1) is 12.0 Å². The minimum atomic E-state index is -3.87. The van der Waals surface area contributed by atoms with Crippen LogP contribution in [0.15, 0.2) is 12.3 Å². The van der Waals surface area contributed by atoms with Crippen LogP contribution in [0.4, 0.5) is 0 Å². The molecule has 9 heavy (non-hydrogen) atoms. The van der Waals surface area contributed by atoms with Crippen molar-refractivity contribution in [2.45, 2.75) is 0 Å². The second-order valence-electron chi connectivity index (χ2n) is 1.18. The molecule has 0 spiro atoms. The van der Waals surface area contributed by atoms with E-state index in [1.54, 1.807) is 0 Å². The molecule has 0 aromatic heterocycles. The van der Waals surface area contributed by atoms with Gasteiger partial charge in [0, 0.05) is 0 Å². The fourth-order valence-electron chi connectivity index (χ4n) is 0.191. The molecule has 0 heterocycles. The van der Waals surface area contributed by atoms with Crippen LogP contribution < -0.4 is 0 Å². The summed E-state index contributed by atoms with van der Waals surface area (Å²) in [7, 11) is -3.87. The summed E-state index contributed by atoms with van der Waals surface area (Å²) in [5.41, 5.74) is 0. The van der Waals surface area contributed by atoms with Gasteiger partial charge in [0.1, 0.15) is 0 Å². The SMILES string of the molecule is O=S(=O)(CC=CO)OO. The third-order valence-corrected chi connectivity index (χ3v) is 1.35. The van der Waals surface area contributed by atoms with Crippen molar-refractivity contribution < 1.29 is 23.1 Å². The molecule has 0 unspecified atom stereocenters. The highest BCUT2D eigenvalue weighted by molar-refractivity contribution is 7.86. The van der Waals surface area contributed by atoms with Gasteiger partial charge in [0.2, 0.25) is 0 Å². The summed E-state index contributed by atoms with van der Waals surface area (Å²) < 4.78 is 23.3. The van der Waals surface area contributed by atoms with Crippen molar-refractivity contribution in [1.29, 1.82) is 0 Å². The van der Waals surface area contributed by atoms with E-state index in [1.165, 1.54) is 0 Å². The Labute approximate surface area is 52.2 Å². The number of aliphatic hydroxyl groups is 1. The number of hydrogen-bond donors (Lipinski definition) is 2. The first-order valence-electron chi connectivity index (χ1n) is 1.97. The molecule has 0 amide bonds. The predicted octanol–water partition coefficient (Wildman–Crippen LogP) is -0.122. The van der Waals surface area contributed by atoms with Crippen LogP contribution in [0, 0.1) is 0 Å². The third kappa shape index (κ3) is 3.95. The maximum Gasteiger partial charge on any atom is 0.297 e. The standard InChI is InChI=1S/C3H6O5S/c4-2-1-3-9(6,7)8-5/h1-2,4-5H,3H2. The van der Waals surface area contributed by atoms with E-state index in [1.807, 2.05) is 0 Å². The monoisotopic (exact) mass is 154 g/mol. The van der Waals surface area contributed by atoms with Crippen LogP contribution in [0.3, 0.4) is 0 Å². The van der Waals surface area contributed by atoms with Crippen molar-refractivity contribution in [1.82, 2.24) is 0 Å². The first-order valence-corrected chi connectivity index (χ1v) is 3.55. The number of aliphatic hydroxyl groups excluding tert-OH is 1. The van der Waals surface area contributed by atoms with E-state index in [4.69, 9.17) is 10.4 Å². The molecule has 0 aliphatic rings. The fourth-order valence-corrected chi connectivity index (χ4v) is 0.574. The summed E-state index contributed by atoms with van der Waals surface area (Å²) in [6.45, 7) is 0. The van der Waals surface area contributed by atoms with Gasteiger partial charge in [0.15, 0.2) is 0 Å². The summed E-state index contributed by atoms with van der Waals surface area (Å²) >= 11 is 0. The fraction of sp³-hybridized carbons (Fsp3) is 0.333. The highest BCUT2D eigenvalue weighted by Gasteiger charge is 2.05. The van der Waals surface area contributed by atoms with Gasteiger partial charge in [-0.2, -0.15) is 8.42 Å². The largest absolute Gasteiger partial charge is 0.516 e. The van der Waals surface area contributed by atoms with Gasteiger partial charge >= 0.3 is 0 Å². The van der Waals surface area contributed by atoms with E-state index >= 15 is 0 Å². The zero-order valence-corrected chi connectivity index (χ0v) is 5.21. The lowest BCUT2D eigenvalue weighted by Crippen LogP contribution is -2.05. The maximum absolute atomic E-state index is 10.1. The zero-order chi connectivity index (χ0) is 7.33. The van der Waals surface area contributed by atoms with Crippen LogP contribution in [0.25, 0.3) is 0 Å². The van der Waals surface area contributed by atoms with Crippen LogP contribution in [0.2, 0.25) is 0 Å². The molecule has 0 aromatic carbocycles. The number of hydrogen-bond acceptors (Lipinski definition) is 5. The molecule has 2 N–H and O–H groups in total. The van der Waals surface area contributed by atoms with Gasteiger partial charge in [0.25, 0.3) is 10.1 Å². The van der Waals surface area contributed by atoms with Crippen LogP contribution in [-0.2, 0) is 14.5 Å². The second-order valence-corrected chi connectivity index (χ2v) is 2.78. The van der Waals surface area contributed by atoms with E-state index in [0.29, 0.717) is 6.26 Å². The van der Waals surface area contributed by atoms with Gasteiger partial charge in [-0.3, -0.25) is 0 Å². The Hall–Kier alpha value is -0.590. The molecule has 0 aromatic rings. The average molecular weight is 154 g/mol. The molecule has 0 bridgehead atoms. The molecular weight excluding hydrogens is 148 g/mol. The minimum Gasteiger partial charge on any atom is -0.516 e. The highest BCUT2D eigenvalue weighted by Crippen LogP contribution is 1.88. The zero-order valence-electron chi connectivity index (χ0n) is 4.39. The Bertz CT molecular complexity index is 178. The predicted molar refractivity (Wildman–Crippen MR) is 29.3 cm³/mol. The summed E-state index contributed by atoms with van der Waals surface area (Å²) in [5, 5.41) is 15.6. The second kappa shape index (κ2) is 3.44. The lowest BCUT2D eigenvalue weighted by molar-refractivity contribution is -0.130. The van der Waals surface area contributed by atoms with Crippen molar-refractivity contribution in [3.63, 3.8) is 0 Å². The Kier molecular flexibility index (Phi) is 3.21. The normalized spacial score (nSPS) is 12.6. The van der Waals surface area contributed by atoms with Crippen molar-refractivity contribution >= 4 is 10.1 Å². The molecule has 0 atom stereocenters. The Balaban J connectivity index is 3.90. The van der Waals surface area contributed by atoms with E-state index in [-0.39, 0.29) is 0 Å². The molecule has 0 saturated carbocycles. The minimum absolute atomic E-state index is 0.542. The smallest absolute Gasteiger partial charge is 0.297 e. The van der Waals surface area contributed by atoms with E-state index in [0.717, 1.165) is 6.08 Å².